The molecule has 0 bridgehead atoms. The first-order chi connectivity index (χ1) is 7.65. The van der Waals surface area contributed by atoms with Crippen LogP contribution in [0.3, 0.4) is 0 Å². The Morgan fingerprint density at radius 1 is 1.50 bits per heavy atom. The largest absolute Gasteiger partial charge is 0.288 e. The van der Waals surface area contributed by atoms with Gasteiger partial charge in [-0.25, -0.2) is 4.98 Å². The first-order valence-electron chi connectivity index (χ1n) is 4.32. The second-order valence-electron chi connectivity index (χ2n) is 2.93. The number of nitrogens with one attached hydrogen (secondary N) is 1. The van der Waals surface area contributed by atoms with Crippen LogP contribution in [-0.4, -0.2) is 31.1 Å². The summed E-state index contributed by atoms with van der Waals surface area (Å²) in [4.78, 5) is 16.7. The van der Waals surface area contributed by atoms with E-state index in [2.05, 4.69) is 25.7 Å². The van der Waals surface area contributed by atoms with E-state index in [1.165, 1.54) is 17.1 Å². The highest BCUT2D eigenvalue weighted by Gasteiger charge is 2.09. The number of nitrogens with zero attached hydrogens (tertiary/aromatic N) is 5. The molecule has 7 nitrogen and oxygen atoms in total. The summed E-state index contributed by atoms with van der Waals surface area (Å²) in [6.07, 6.45) is 1.37. The molecule has 0 atom stereocenters. The first kappa shape index (κ1) is 10.5. The average Bonchev–Trinajstić information content (AvgIpc) is 2.65. The Bertz CT molecular complexity index is 508. The minimum absolute atomic E-state index is 0.141. The minimum atomic E-state index is -0.364. The molecule has 0 saturated heterocycles. The number of carbonyl (C=O) groups is 1. The molecule has 0 aliphatic carbocycles. The number of aromatic nitrogens is 5. The van der Waals surface area contributed by atoms with Crippen LogP contribution in [0.2, 0.25) is 5.15 Å². The summed E-state index contributed by atoms with van der Waals surface area (Å²) in [5.41, 5.74) is 0.372. The van der Waals surface area contributed by atoms with Crippen molar-refractivity contribution in [2.75, 3.05) is 5.32 Å². The van der Waals surface area contributed by atoms with Crippen molar-refractivity contribution in [2.45, 2.75) is 0 Å². The molecule has 82 valence electrons. The van der Waals surface area contributed by atoms with Crippen molar-refractivity contribution in [3.8, 4) is 0 Å². The molecular formula is C8H7ClN6O. The van der Waals surface area contributed by atoms with E-state index in [1.807, 2.05) is 0 Å². The fourth-order valence-corrected chi connectivity index (χ4v) is 1.13. The van der Waals surface area contributed by atoms with Crippen LogP contribution >= 0.6 is 11.6 Å². The van der Waals surface area contributed by atoms with Crippen molar-refractivity contribution < 1.29 is 4.79 Å². The molecule has 0 saturated carbocycles. The van der Waals surface area contributed by atoms with E-state index in [-0.39, 0.29) is 11.9 Å². The Hall–Kier alpha value is -2.02. The number of hydrogen-bond acceptors (Lipinski definition) is 5. The predicted molar refractivity (Wildman–Crippen MR) is 56.0 cm³/mol. The van der Waals surface area contributed by atoms with Crippen LogP contribution in [0, 0.1) is 0 Å². The van der Waals surface area contributed by atoms with Crippen LogP contribution in [0.4, 0.5) is 5.95 Å². The Morgan fingerprint density at radius 3 is 2.88 bits per heavy atom. The fourth-order valence-electron chi connectivity index (χ4n) is 1.02. The number of pyridine rings is 1. The summed E-state index contributed by atoms with van der Waals surface area (Å²) in [7, 11) is 1.60. The summed E-state index contributed by atoms with van der Waals surface area (Å²) in [6.45, 7) is 0. The van der Waals surface area contributed by atoms with E-state index in [0.29, 0.717) is 10.7 Å². The van der Waals surface area contributed by atoms with Crippen LogP contribution in [0.15, 0.2) is 18.3 Å². The van der Waals surface area contributed by atoms with Gasteiger partial charge in [-0.1, -0.05) is 16.7 Å². The van der Waals surface area contributed by atoms with Crippen LogP contribution in [0.25, 0.3) is 0 Å². The second kappa shape index (κ2) is 4.23. The van der Waals surface area contributed by atoms with E-state index in [4.69, 9.17) is 11.6 Å². The normalized spacial score (nSPS) is 10.1. The highest BCUT2D eigenvalue weighted by Crippen LogP contribution is 2.06. The topological polar surface area (TPSA) is 85.6 Å². The van der Waals surface area contributed by atoms with Gasteiger partial charge in [0.25, 0.3) is 11.9 Å². The third kappa shape index (κ3) is 2.31. The number of anilines is 1. The summed E-state index contributed by atoms with van der Waals surface area (Å²) < 4.78 is 0. The lowest BCUT2D eigenvalue weighted by molar-refractivity contribution is 0.102. The Labute approximate surface area is 95.4 Å². The summed E-state index contributed by atoms with van der Waals surface area (Å²) in [6, 6.07) is 3.08. The molecule has 2 aromatic rings. The van der Waals surface area contributed by atoms with Crippen LogP contribution < -0.4 is 5.32 Å². The van der Waals surface area contributed by atoms with Gasteiger partial charge in [0.05, 0.1) is 12.6 Å². The molecule has 16 heavy (non-hydrogen) atoms. The SMILES string of the molecule is Cn1nnc(NC(=O)c2ccc(Cl)nc2)n1. The summed E-state index contributed by atoms with van der Waals surface area (Å²) in [5.74, 6) is -0.223. The fraction of sp³-hybridized carbons (Fsp3) is 0.125. The average molecular weight is 239 g/mol. The van der Waals surface area contributed by atoms with Gasteiger partial charge >= 0.3 is 0 Å². The van der Waals surface area contributed by atoms with Crippen LogP contribution in [0.5, 0.6) is 0 Å². The molecule has 2 aromatic heterocycles. The van der Waals surface area contributed by atoms with E-state index in [1.54, 1.807) is 13.1 Å². The van der Waals surface area contributed by atoms with Crippen LogP contribution in [-0.2, 0) is 7.05 Å². The van der Waals surface area contributed by atoms with Gasteiger partial charge in [0.15, 0.2) is 0 Å². The molecule has 0 fully saturated rings. The smallest absolute Gasteiger partial charge is 0.270 e. The van der Waals surface area contributed by atoms with Gasteiger partial charge in [0.2, 0.25) is 0 Å². The number of carbonyl (C=O) groups excluding carboxylic acids is 1. The number of amides is 1. The molecule has 1 amide bonds. The molecule has 0 aliphatic rings. The standard InChI is InChI=1S/C8H7ClN6O/c1-15-13-8(12-14-15)11-7(16)5-2-3-6(9)10-4-5/h2-4H,1H3,(H,11,13,16). The van der Waals surface area contributed by atoms with Crippen molar-refractivity contribution in [3.63, 3.8) is 0 Å². The molecular weight excluding hydrogens is 232 g/mol. The Morgan fingerprint density at radius 2 is 2.31 bits per heavy atom. The van der Waals surface area contributed by atoms with Gasteiger partial charge in [-0.15, -0.1) is 5.10 Å². The van der Waals surface area contributed by atoms with Gasteiger partial charge < -0.3 is 0 Å². The van der Waals surface area contributed by atoms with Gasteiger partial charge in [-0.2, -0.15) is 4.80 Å². The molecule has 2 rings (SSSR count). The van der Waals surface area contributed by atoms with Gasteiger partial charge in [-0.05, 0) is 17.3 Å². The van der Waals surface area contributed by atoms with E-state index in [0.717, 1.165) is 0 Å². The molecule has 1 N–H and O–H groups in total. The quantitative estimate of drug-likeness (QED) is 0.771. The lowest BCUT2D eigenvalue weighted by Crippen LogP contribution is -2.13. The lowest BCUT2D eigenvalue weighted by atomic mass is 10.3. The van der Waals surface area contributed by atoms with Gasteiger partial charge in [0.1, 0.15) is 5.15 Å². The molecule has 0 radical (unpaired) electrons. The van der Waals surface area contributed by atoms with Crippen molar-refractivity contribution in [1.29, 1.82) is 0 Å². The third-order valence-corrected chi connectivity index (χ3v) is 1.95. The Kier molecular flexibility index (Phi) is 2.78. The molecule has 0 spiro atoms. The summed E-state index contributed by atoms with van der Waals surface area (Å²) >= 11 is 5.60. The van der Waals surface area contributed by atoms with E-state index >= 15 is 0 Å². The highest BCUT2D eigenvalue weighted by molar-refractivity contribution is 6.29. The molecule has 2 heterocycles. The zero-order chi connectivity index (χ0) is 11.5. The lowest BCUT2D eigenvalue weighted by Gasteiger charge is -1.99. The maximum absolute atomic E-state index is 11.6. The number of tetrazole rings is 1. The zero-order valence-corrected chi connectivity index (χ0v) is 9.01. The zero-order valence-electron chi connectivity index (χ0n) is 8.25. The monoisotopic (exact) mass is 238 g/mol. The molecule has 0 unspecified atom stereocenters. The number of hydrogen-bond donors (Lipinski definition) is 1. The first-order valence-corrected chi connectivity index (χ1v) is 4.70. The number of rotatable bonds is 2. The number of halogens is 1. The number of aryl methyl sites for hydroxylation is 1. The van der Waals surface area contributed by atoms with Crippen molar-refractivity contribution in [1.82, 2.24) is 25.2 Å². The Balaban J connectivity index is 2.11. The van der Waals surface area contributed by atoms with E-state index < -0.39 is 0 Å². The maximum Gasteiger partial charge on any atom is 0.270 e. The van der Waals surface area contributed by atoms with Gasteiger partial charge in [0, 0.05) is 6.20 Å². The second-order valence-corrected chi connectivity index (χ2v) is 3.31. The van der Waals surface area contributed by atoms with E-state index in [9.17, 15) is 4.79 Å². The molecule has 8 heteroatoms. The maximum atomic E-state index is 11.6. The summed E-state index contributed by atoms with van der Waals surface area (Å²) in [5, 5.41) is 13.8. The molecule has 0 aromatic carbocycles. The molecule has 0 aliphatic heterocycles. The predicted octanol–water partition coefficient (Wildman–Crippen LogP) is 0.511. The van der Waals surface area contributed by atoms with Crippen LogP contribution in [0.1, 0.15) is 10.4 Å². The van der Waals surface area contributed by atoms with Crippen molar-refractivity contribution in [2.24, 2.45) is 7.05 Å². The highest BCUT2D eigenvalue weighted by atomic mass is 35.5. The van der Waals surface area contributed by atoms with Crippen molar-refractivity contribution >= 4 is 23.5 Å². The third-order valence-electron chi connectivity index (χ3n) is 1.72. The van der Waals surface area contributed by atoms with Gasteiger partial charge in [-0.3, -0.25) is 10.1 Å². The minimum Gasteiger partial charge on any atom is -0.288 e. The van der Waals surface area contributed by atoms with Crippen molar-refractivity contribution in [3.05, 3.63) is 29.0 Å².